The molecule has 3 rings (SSSR count). The summed E-state index contributed by atoms with van der Waals surface area (Å²) >= 11 is 7.46. The quantitative estimate of drug-likeness (QED) is 0.293. The molecule has 1 atom stereocenters. The van der Waals surface area contributed by atoms with E-state index in [2.05, 4.69) is 17.6 Å². The molecule has 0 aromatic heterocycles. The van der Waals surface area contributed by atoms with E-state index in [0.29, 0.717) is 22.9 Å². The lowest BCUT2D eigenvalue weighted by atomic mass is 10.1. The molecule has 3 aromatic carbocycles. The second kappa shape index (κ2) is 12.5. The average molecular weight is 497 g/mol. The Balaban J connectivity index is 1.70. The number of ether oxygens (including phenoxy) is 1. The summed E-state index contributed by atoms with van der Waals surface area (Å²) in [6.45, 7) is 6.21. The van der Waals surface area contributed by atoms with Crippen molar-refractivity contribution in [3.05, 3.63) is 82.9 Å². The number of anilines is 1. The van der Waals surface area contributed by atoms with Crippen molar-refractivity contribution in [3.8, 4) is 5.75 Å². The maximum absolute atomic E-state index is 12.9. The molecule has 1 unspecified atom stereocenters. The van der Waals surface area contributed by atoms with Gasteiger partial charge in [-0.15, -0.1) is 0 Å². The van der Waals surface area contributed by atoms with Crippen LogP contribution in [0.3, 0.4) is 0 Å². The molecule has 0 radical (unpaired) electrons. The Labute approximate surface area is 210 Å². The van der Waals surface area contributed by atoms with Crippen molar-refractivity contribution in [3.63, 3.8) is 0 Å². The Bertz CT molecular complexity index is 1120. The van der Waals surface area contributed by atoms with E-state index < -0.39 is 0 Å². The smallest absolute Gasteiger partial charge is 0.251 e. The Morgan fingerprint density at radius 3 is 2.38 bits per heavy atom. The number of carbonyl (C=O) groups excluding carboxylic acids is 2. The van der Waals surface area contributed by atoms with Crippen LogP contribution in [0.2, 0.25) is 5.02 Å². The first-order valence-corrected chi connectivity index (χ1v) is 12.4. The normalized spacial score (nSPS) is 11.5. The molecule has 0 saturated carbocycles. The van der Waals surface area contributed by atoms with E-state index in [1.807, 2.05) is 61.5 Å². The number of benzene rings is 3. The van der Waals surface area contributed by atoms with Gasteiger partial charge in [0.1, 0.15) is 5.75 Å². The van der Waals surface area contributed by atoms with E-state index >= 15 is 0 Å². The van der Waals surface area contributed by atoms with Crippen molar-refractivity contribution in [2.75, 3.05) is 11.9 Å². The van der Waals surface area contributed by atoms with Crippen LogP contribution in [0.25, 0.3) is 0 Å². The van der Waals surface area contributed by atoms with Gasteiger partial charge < -0.3 is 15.4 Å². The minimum absolute atomic E-state index is 0.190. The molecular weight excluding hydrogens is 468 g/mol. The molecule has 34 heavy (non-hydrogen) atoms. The van der Waals surface area contributed by atoms with Crippen LogP contribution < -0.4 is 15.4 Å². The first kappa shape index (κ1) is 25.7. The molecule has 7 heteroatoms. The van der Waals surface area contributed by atoms with Crippen LogP contribution in [-0.2, 0) is 4.79 Å². The van der Waals surface area contributed by atoms with E-state index in [0.717, 1.165) is 33.9 Å². The summed E-state index contributed by atoms with van der Waals surface area (Å²) in [7, 11) is 0. The minimum Gasteiger partial charge on any atom is -0.494 e. The SMILES string of the molecule is CCCCOc1ccc(C(C)NC(=O)c2ccc(Sc3ccc(Cl)cc3)c(NC(C)=O)c2)cc1. The molecule has 0 aliphatic heterocycles. The highest BCUT2D eigenvalue weighted by atomic mass is 35.5. The van der Waals surface area contributed by atoms with E-state index in [1.54, 1.807) is 12.1 Å². The first-order valence-electron chi connectivity index (χ1n) is 11.2. The Morgan fingerprint density at radius 1 is 1.03 bits per heavy atom. The van der Waals surface area contributed by atoms with Crippen LogP contribution in [0.5, 0.6) is 5.75 Å². The van der Waals surface area contributed by atoms with Crippen LogP contribution in [0.15, 0.2) is 76.5 Å². The molecule has 2 amide bonds. The zero-order valence-corrected chi connectivity index (χ0v) is 21.1. The number of hydrogen-bond acceptors (Lipinski definition) is 4. The van der Waals surface area contributed by atoms with Crippen molar-refractivity contribution >= 4 is 40.9 Å². The fourth-order valence-corrected chi connectivity index (χ4v) is 4.24. The van der Waals surface area contributed by atoms with Gasteiger partial charge in [0, 0.05) is 27.3 Å². The zero-order chi connectivity index (χ0) is 24.5. The minimum atomic E-state index is -0.217. The van der Waals surface area contributed by atoms with Crippen LogP contribution in [0.1, 0.15) is 55.6 Å². The number of hydrogen-bond donors (Lipinski definition) is 2. The molecule has 2 N–H and O–H groups in total. The fourth-order valence-electron chi connectivity index (χ4n) is 3.23. The summed E-state index contributed by atoms with van der Waals surface area (Å²) in [5.74, 6) is 0.403. The summed E-state index contributed by atoms with van der Waals surface area (Å²) in [6.07, 6.45) is 2.11. The third-order valence-electron chi connectivity index (χ3n) is 5.09. The second-order valence-corrected chi connectivity index (χ2v) is 9.47. The highest BCUT2D eigenvalue weighted by Gasteiger charge is 2.15. The van der Waals surface area contributed by atoms with Gasteiger partial charge >= 0.3 is 0 Å². The van der Waals surface area contributed by atoms with Gasteiger partial charge in [-0.2, -0.15) is 0 Å². The summed E-state index contributed by atoms with van der Waals surface area (Å²) in [6, 6.07) is 20.3. The van der Waals surface area contributed by atoms with Gasteiger partial charge in [-0.1, -0.05) is 48.8 Å². The first-order chi connectivity index (χ1) is 16.4. The standard InChI is InChI=1S/C27H29ClN2O3S/c1-4-5-16-33-23-11-6-20(7-12-23)18(2)29-27(32)21-8-15-26(25(17-21)30-19(3)31)34-24-13-9-22(28)10-14-24/h6-15,17-18H,4-5,16H2,1-3H3,(H,29,32)(H,30,31). The number of carbonyl (C=O) groups is 2. The third-order valence-corrected chi connectivity index (χ3v) is 6.42. The Morgan fingerprint density at radius 2 is 1.74 bits per heavy atom. The van der Waals surface area contributed by atoms with Crippen LogP contribution in [0, 0.1) is 0 Å². The highest BCUT2D eigenvalue weighted by molar-refractivity contribution is 7.99. The molecule has 0 spiro atoms. The molecule has 0 fully saturated rings. The maximum Gasteiger partial charge on any atom is 0.251 e. The van der Waals surface area contributed by atoms with Crippen molar-refractivity contribution < 1.29 is 14.3 Å². The number of amides is 2. The fraction of sp³-hybridized carbons (Fsp3) is 0.259. The van der Waals surface area contributed by atoms with Gasteiger partial charge in [0.05, 0.1) is 18.3 Å². The molecule has 0 aliphatic carbocycles. The molecular formula is C27H29ClN2O3S. The monoisotopic (exact) mass is 496 g/mol. The van der Waals surface area contributed by atoms with Crippen molar-refractivity contribution in [2.45, 2.75) is 49.4 Å². The summed E-state index contributed by atoms with van der Waals surface area (Å²) in [5, 5.41) is 6.52. The Hall–Kier alpha value is -2.96. The highest BCUT2D eigenvalue weighted by Crippen LogP contribution is 2.35. The van der Waals surface area contributed by atoms with E-state index in [4.69, 9.17) is 16.3 Å². The van der Waals surface area contributed by atoms with Crippen LogP contribution in [-0.4, -0.2) is 18.4 Å². The molecule has 5 nitrogen and oxygen atoms in total. The topological polar surface area (TPSA) is 67.4 Å². The van der Waals surface area contributed by atoms with Gasteiger partial charge in [-0.05, 0) is 73.5 Å². The molecule has 0 aliphatic rings. The predicted octanol–water partition coefficient (Wildman–Crippen LogP) is 7.12. The summed E-state index contributed by atoms with van der Waals surface area (Å²) in [4.78, 5) is 26.5. The average Bonchev–Trinajstić information content (AvgIpc) is 2.81. The van der Waals surface area contributed by atoms with Crippen LogP contribution in [0.4, 0.5) is 5.69 Å². The number of rotatable bonds is 10. The molecule has 178 valence electrons. The van der Waals surface area contributed by atoms with Gasteiger partial charge in [0.15, 0.2) is 0 Å². The number of halogens is 1. The van der Waals surface area contributed by atoms with Gasteiger partial charge in [-0.3, -0.25) is 9.59 Å². The zero-order valence-electron chi connectivity index (χ0n) is 19.6. The second-order valence-electron chi connectivity index (χ2n) is 7.91. The largest absolute Gasteiger partial charge is 0.494 e. The van der Waals surface area contributed by atoms with E-state index in [-0.39, 0.29) is 17.9 Å². The molecule has 0 heterocycles. The van der Waals surface area contributed by atoms with Crippen molar-refractivity contribution in [1.29, 1.82) is 0 Å². The third kappa shape index (κ3) is 7.54. The molecule has 0 bridgehead atoms. The lowest BCUT2D eigenvalue weighted by Crippen LogP contribution is -2.26. The predicted molar refractivity (Wildman–Crippen MR) is 139 cm³/mol. The lowest BCUT2D eigenvalue weighted by molar-refractivity contribution is -0.114. The Kier molecular flexibility index (Phi) is 9.42. The number of unbranched alkanes of at least 4 members (excludes halogenated alkanes) is 1. The van der Waals surface area contributed by atoms with Crippen molar-refractivity contribution in [2.24, 2.45) is 0 Å². The molecule has 0 saturated heterocycles. The van der Waals surface area contributed by atoms with Gasteiger partial charge in [-0.25, -0.2) is 0 Å². The van der Waals surface area contributed by atoms with Crippen molar-refractivity contribution in [1.82, 2.24) is 5.32 Å². The lowest BCUT2D eigenvalue weighted by Gasteiger charge is -2.16. The summed E-state index contributed by atoms with van der Waals surface area (Å²) in [5.41, 5.74) is 2.03. The van der Waals surface area contributed by atoms with Gasteiger partial charge in [0.2, 0.25) is 5.91 Å². The summed E-state index contributed by atoms with van der Waals surface area (Å²) < 4.78 is 5.71. The number of nitrogens with one attached hydrogen (secondary N) is 2. The van der Waals surface area contributed by atoms with Crippen LogP contribution >= 0.6 is 23.4 Å². The maximum atomic E-state index is 12.9. The molecule has 3 aromatic rings. The van der Waals surface area contributed by atoms with E-state index in [1.165, 1.54) is 18.7 Å². The van der Waals surface area contributed by atoms with Gasteiger partial charge in [0.25, 0.3) is 5.91 Å². The van der Waals surface area contributed by atoms with E-state index in [9.17, 15) is 9.59 Å².